The molecule has 0 fully saturated rings. The second-order valence-electron chi connectivity index (χ2n) is 5.64. The Labute approximate surface area is 116 Å². The van der Waals surface area contributed by atoms with E-state index in [2.05, 4.69) is 19.9 Å². The van der Waals surface area contributed by atoms with Crippen molar-refractivity contribution < 1.29 is 9.84 Å². The van der Waals surface area contributed by atoms with Gasteiger partial charge in [0.1, 0.15) is 5.75 Å². The smallest absolute Gasteiger partial charge is 0.119 e. The number of aliphatic hydroxyl groups is 1. The van der Waals surface area contributed by atoms with Gasteiger partial charge in [0, 0.05) is 0 Å². The molecule has 0 saturated carbocycles. The Morgan fingerprint density at radius 1 is 1.32 bits per heavy atom. The molecule has 2 rings (SSSR count). The molecule has 0 radical (unpaired) electrons. The molecule has 2 nitrogen and oxygen atoms in total. The van der Waals surface area contributed by atoms with Crippen LogP contribution in [0.25, 0.3) is 0 Å². The van der Waals surface area contributed by atoms with Crippen LogP contribution in [0.2, 0.25) is 0 Å². The van der Waals surface area contributed by atoms with Crippen LogP contribution < -0.4 is 4.74 Å². The fraction of sp³-hybridized carbons (Fsp3) is 0.529. The molecule has 1 aliphatic carbocycles. The van der Waals surface area contributed by atoms with Crippen molar-refractivity contribution >= 4 is 0 Å². The van der Waals surface area contributed by atoms with Gasteiger partial charge in [-0.3, -0.25) is 0 Å². The first-order valence-corrected chi connectivity index (χ1v) is 7.18. The molecule has 3 unspecified atom stereocenters. The van der Waals surface area contributed by atoms with Crippen molar-refractivity contribution in [2.45, 2.75) is 39.7 Å². The number of hydrogen-bond acceptors (Lipinski definition) is 2. The van der Waals surface area contributed by atoms with Gasteiger partial charge < -0.3 is 9.84 Å². The molecule has 0 aliphatic heterocycles. The van der Waals surface area contributed by atoms with Crippen LogP contribution in [0.5, 0.6) is 5.75 Å². The number of allylic oxidation sites excluding steroid dienone is 2. The largest absolute Gasteiger partial charge is 0.494 e. The normalized spacial score (nSPS) is 24.7. The van der Waals surface area contributed by atoms with Gasteiger partial charge >= 0.3 is 0 Å². The van der Waals surface area contributed by atoms with E-state index in [1.54, 1.807) is 0 Å². The summed E-state index contributed by atoms with van der Waals surface area (Å²) in [6.45, 7) is 7.03. The molecule has 19 heavy (non-hydrogen) atoms. The maximum absolute atomic E-state index is 10.5. The molecule has 0 heterocycles. The zero-order chi connectivity index (χ0) is 13.8. The lowest BCUT2D eigenvalue weighted by Crippen LogP contribution is -2.19. The highest BCUT2D eigenvalue weighted by molar-refractivity contribution is 5.29. The third-order valence-electron chi connectivity index (χ3n) is 3.81. The van der Waals surface area contributed by atoms with Gasteiger partial charge in [-0.15, -0.1) is 0 Å². The summed E-state index contributed by atoms with van der Waals surface area (Å²) >= 11 is 0. The molecule has 0 spiro atoms. The van der Waals surface area contributed by atoms with Gasteiger partial charge in [-0.05, 0) is 56.2 Å². The van der Waals surface area contributed by atoms with E-state index in [9.17, 15) is 5.11 Å². The topological polar surface area (TPSA) is 29.5 Å². The van der Waals surface area contributed by atoms with E-state index in [-0.39, 0.29) is 6.10 Å². The first-order chi connectivity index (χ1) is 9.10. The number of rotatable bonds is 4. The van der Waals surface area contributed by atoms with Crippen molar-refractivity contribution in [1.82, 2.24) is 0 Å². The van der Waals surface area contributed by atoms with Gasteiger partial charge in [-0.1, -0.05) is 30.7 Å². The summed E-state index contributed by atoms with van der Waals surface area (Å²) in [7, 11) is 0. The van der Waals surface area contributed by atoms with Crippen LogP contribution in [0.1, 0.15) is 45.3 Å². The average molecular weight is 260 g/mol. The van der Waals surface area contributed by atoms with E-state index in [0.717, 1.165) is 24.2 Å². The predicted octanol–water partition coefficient (Wildman–Crippen LogP) is 4.11. The Bertz CT molecular complexity index is 433. The molecule has 2 heteroatoms. The lowest BCUT2D eigenvalue weighted by molar-refractivity contribution is 0.0932. The molecule has 0 saturated heterocycles. The minimum Gasteiger partial charge on any atom is -0.494 e. The Morgan fingerprint density at radius 3 is 2.58 bits per heavy atom. The van der Waals surface area contributed by atoms with Gasteiger partial charge in [0.05, 0.1) is 12.7 Å². The zero-order valence-corrected chi connectivity index (χ0v) is 12.1. The summed E-state index contributed by atoms with van der Waals surface area (Å²) in [5.41, 5.74) is 2.39. The highest BCUT2D eigenvalue weighted by atomic mass is 16.5. The van der Waals surface area contributed by atoms with Crippen molar-refractivity contribution in [3.05, 3.63) is 41.5 Å². The molecule has 1 N–H and O–H groups in total. The van der Waals surface area contributed by atoms with Crippen LogP contribution in [0.4, 0.5) is 0 Å². The Hall–Kier alpha value is -1.28. The summed E-state index contributed by atoms with van der Waals surface area (Å²) < 4.78 is 5.43. The van der Waals surface area contributed by atoms with Gasteiger partial charge in [-0.2, -0.15) is 0 Å². The van der Waals surface area contributed by atoms with Crippen molar-refractivity contribution in [2.75, 3.05) is 6.61 Å². The highest BCUT2D eigenvalue weighted by Gasteiger charge is 2.25. The Balaban J connectivity index is 2.07. The Morgan fingerprint density at radius 2 is 2.00 bits per heavy atom. The van der Waals surface area contributed by atoms with E-state index in [1.807, 2.05) is 31.2 Å². The number of ether oxygens (including phenoxy) is 1. The second-order valence-corrected chi connectivity index (χ2v) is 5.64. The van der Waals surface area contributed by atoms with Gasteiger partial charge in [-0.25, -0.2) is 0 Å². The predicted molar refractivity (Wildman–Crippen MR) is 78.2 cm³/mol. The molecule has 1 aliphatic rings. The highest BCUT2D eigenvalue weighted by Crippen LogP contribution is 2.36. The van der Waals surface area contributed by atoms with E-state index in [0.29, 0.717) is 18.4 Å². The molecule has 1 aromatic rings. The maximum Gasteiger partial charge on any atom is 0.119 e. The van der Waals surface area contributed by atoms with Crippen molar-refractivity contribution in [1.29, 1.82) is 0 Å². The van der Waals surface area contributed by atoms with Crippen LogP contribution in [0.15, 0.2) is 35.9 Å². The summed E-state index contributed by atoms with van der Waals surface area (Å²) in [4.78, 5) is 0. The molecular weight excluding hydrogens is 236 g/mol. The SMILES string of the molecule is CCOc1ccc(C(O)C2CC(C)=CC(C)C2)cc1. The summed E-state index contributed by atoms with van der Waals surface area (Å²) in [5.74, 6) is 1.76. The molecule has 1 aromatic carbocycles. The zero-order valence-electron chi connectivity index (χ0n) is 12.1. The van der Waals surface area contributed by atoms with Gasteiger partial charge in [0.2, 0.25) is 0 Å². The molecule has 0 aromatic heterocycles. The Kier molecular flexibility index (Phi) is 4.65. The third kappa shape index (κ3) is 3.60. The summed E-state index contributed by atoms with van der Waals surface area (Å²) in [6, 6.07) is 7.84. The lowest BCUT2D eigenvalue weighted by Gasteiger charge is -2.29. The van der Waals surface area contributed by atoms with Crippen LogP contribution in [-0.2, 0) is 0 Å². The quantitative estimate of drug-likeness (QED) is 0.825. The third-order valence-corrected chi connectivity index (χ3v) is 3.81. The maximum atomic E-state index is 10.5. The molecule has 104 valence electrons. The average Bonchev–Trinajstić information content (AvgIpc) is 2.38. The number of hydrogen-bond donors (Lipinski definition) is 1. The van der Waals surface area contributed by atoms with E-state index >= 15 is 0 Å². The fourth-order valence-electron chi connectivity index (χ4n) is 3.04. The molecular formula is C17H24O2. The van der Waals surface area contributed by atoms with Gasteiger partial charge in [0.15, 0.2) is 0 Å². The monoisotopic (exact) mass is 260 g/mol. The van der Waals surface area contributed by atoms with E-state index in [4.69, 9.17) is 4.74 Å². The van der Waals surface area contributed by atoms with E-state index < -0.39 is 0 Å². The minimum absolute atomic E-state index is 0.331. The first kappa shape index (κ1) is 14.1. The van der Waals surface area contributed by atoms with Gasteiger partial charge in [0.25, 0.3) is 0 Å². The number of benzene rings is 1. The minimum atomic E-state index is -0.373. The molecule has 3 atom stereocenters. The van der Waals surface area contributed by atoms with Crippen molar-refractivity contribution in [2.24, 2.45) is 11.8 Å². The summed E-state index contributed by atoms with van der Waals surface area (Å²) in [6.07, 6.45) is 4.01. The fourth-order valence-corrected chi connectivity index (χ4v) is 3.04. The summed E-state index contributed by atoms with van der Waals surface area (Å²) in [5, 5.41) is 10.5. The first-order valence-electron chi connectivity index (χ1n) is 7.18. The second kappa shape index (κ2) is 6.25. The van der Waals surface area contributed by atoms with E-state index in [1.165, 1.54) is 5.57 Å². The van der Waals surface area contributed by atoms with Crippen molar-refractivity contribution in [3.8, 4) is 5.75 Å². The molecule has 0 amide bonds. The van der Waals surface area contributed by atoms with Crippen molar-refractivity contribution in [3.63, 3.8) is 0 Å². The van der Waals surface area contributed by atoms with Crippen LogP contribution >= 0.6 is 0 Å². The lowest BCUT2D eigenvalue weighted by atomic mass is 9.79. The van der Waals surface area contributed by atoms with Crippen LogP contribution in [0.3, 0.4) is 0 Å². The number of aliphatic hydroxyl groups excluding tert-OH is 1. The van der Waals surface area contributed by atoms with Crippen LogP contribution in [0, 0.1) is 11.8 Å². The van der Waals surface area contributed by atoms with Crippen LogP contribution in [-0.4, -0.2) is 11.7 Å². The standard InChI is InChI=1S/C17H24O2/c1-4-19-16-7-5-14(6-8-16)17(18)15-10-12(2)9-13(3)11-15/h5-9,12,15,17-18H,4,10-11H2,1-3H3. The molecule has 0 bridgehead atoms.